The largest absolute Gasteiger partial charge is 0.392 e. The Hall–Kier alpha value is -0.480. The van der Waals surface area contributed by atoms with Gasteiger partial charge in [0.15, 0.2) is 0 Å². The highest BCUT2D eigenvalue weighted by Crippen LogP contribution is 2.27. The molecule has 1 aliphatic rings. The van der Waals surface area contributed by atoms with Crippen LogP contribution in [0.5, 0.6) is 0 Å². The van der Waals surface area contributed by atoms with Crippen LogP contribution >= 0.6 is 0 Å². The molecule has 1 heteroatoms. The van der Waals surface area contributed by atoms with Crippen molar-refractivity contribution < 1.29 is 5.11 Å². The quantitative estimate of drug-likeness (QED) is 0.624. The fraction of sp³-hybridized carbons (Fsp3) is 0.818. The fourth-order valence-electron chi connectivity index (χ4n) is 1.89. The summed E-state index contributed by atoms with van der Waals surface area (Å²) < 4.78 is 0. The van der Waals surface area contributed by atoms with Crippen LogP contribution in [-0.4, -0.2) is 11.2 Å². The molecule has 1 unspecified atom stereocenters. The molecule has 0 bridgehead atoms. The molecule has 0 heterocycles. The first kappa shape index (κ1) is 9.61. The minimum atomic E-state index is -0.169. The molecule has 0 aromatic rings. The van der Waals surface area contributed by atoms with E-state index in [0.29, 0.717) is 12.3 Å². The molecule has 0 aromatic carbocycles. The van der Waals surface area contributed by atoms with Gasteiger partial charge in [0.05, 0.1) is 6.10 Å². The number of hydrogen-bond acceptors (Lipinski definition) is 1. The molecule has 0 saturated heterocycles. The summed E-state index contributed by atoms with van der Waals surface area (Å²) in [5.41, 5.74) is 0. The van der Waals surface area contributed by atoms with E-state index in [0.717, 1.165) is 0 Å². The van der Waals surface area contributed by atoms with Crippen LogP contribution in [0.15, 0.2) is 0 Å². The summed E-state index contributed by atoms with van der Waals surface area (Å²) in [4.78, 5) is 0. The van der Waals surface area contributed by atoms with Crippen molar-refractivity contribution in [2.45, 2.75) is 51.6 Å². The second-order valence-corrected chi connectivity index (χ2v) is 3.60. The normalized spacial score (nSPS) is 21.2. The average Bonchev–Trinajstić information content (AvgIpc) is 2.15. The minimum Gasteiger partial charge on any atom is -0.392 e. The van der Waals surface area contributed by atoms with Crippen molar-refractivity contribution in [3.8, 4) is 11.8 Å². The van der Waals surface area contributed by atoms with Gasteiger partial charge in [-0.2, -0.15) is 0 Å². The van der Waals surface area contributed by atoms with E-state index in [2.05, 4.69) is 11.8 Å². The molecule has 1 N–H and O–H groups in total. The van der Waals surface area contributed by atoms with Crippen molar-refractivity contribution in [3.63, 3.8) is 0 Å². The highest BCUT2D eigenvalue weighted by Gasteiger charge is 2.20. The van der Waals surface area contributed by atoms with E-state index >= 15 is 0 Å². The third-order valence-electron chi connectivity index (χ3n) is 2.68. The first-order valence-electron chi connectivity index (χ1n) is 4.92. The van der Waals surface area contributed by atoms with Crippen LogP contribution in [0.2, 0.25) is 0 Å². The third kappa shape index (κ3) is 2.87. The molecule has 1 fully saturated rings. The van der Waals surface area contributed by atoms with Crippen molar-refractivity contribution in [3.05, 3.63) is 0 Å². The Balaban J connectivity index is 2.27. The van der Waals surface area contributed by atoms with E-state index in [1.165, 1.54) is 32.1 Å². The molecule has 1 rings (SSSR count). The van der Waals surface area contributed by atoms with Gasteiger partial charge in [-0.15, -0.1) is 11.8 Å². The van der Waals surface area contributed by atoms with Gasteiger partial charge in [-0.05, 0) is 25.7 Å². The predicted molar refractivity (Wildman–Crippen MR) is 50.6 cm³/mol. The lowest BCUT2D eigenvalue weighted by molar-refractivity contribution is 0.0892. The van der Waals surface area contributed by atoms with Gasteiger partial charge in [-0.1, -0.05) is 19.3 Å². The van der Waals surface area contributed by atoms with Gasteiger partial charge in [0.25, 0.3) is 0 Å². The van der Waals surface area contributed by atoms with E-state index in [4.69, 9.17) is 0 Å². The Labute approximate surface area is 75.2 Å². The van der Waals surface area contributed by atoms with Crippen molar-refractivity contribution in [2.75, 3.05) is 0 Å². The zero-order chi connectivity index (χ0) is 8.81. The van der Waals surface area contributed by atoms with Crippen LogP contribution in [-0.2, 0) is 0 Å². The molecule has 1 saturated carbocycles. The van der Waals surface area contributed by atoms with Crippen LogP contribution in [0.25, 0.3) is 0 Å². The molecule has 1 aliphatic carbocycles. The summed E-state index contributed by atoms with van der Waals surface area (Å²) in [7, 11) is 0. The second-order valence-electron chi connectivity index (χ2n) is 3.60. The van der Waals surface area contributed by atoms with Crippen molar-refractivity contribution in [2.24, 2.45) is 5.92 Å². The van der Waals surface area contributed by atoms with Gasteiger partial charge in [0, 0.05) is 6.42 Å². The van der Waals surface area contributed by atoms with Gasteiger partial charge in [0.1, 0.15) is 0 Å². The van der Waals surface area contributed by atoms with Crippen molar-refractivity contribution >= 4 is 0 Å². The predicted octanol–water partition coefficient (Wildman–Crippen LogP) is 2.34. The Bertz CT molecular complexity index is 169. The summed E-state index contributed by atoms with van der Waals surface area (Å²) in [6.07, 6.45) is 6.84. The lowest BCUT2D eigenvalue weighted by Crippen LogP contribution is -2.22. The van der Waals surface area contributed by atoms with Crippen LogP contribution in [0.1, 0.15) is 45.4 Å². The number of hydrogen-bond donors (Lipinski definition) is 1. The number of aliphatic hydroxyl groups excluding tert-OH is 1. The molecule has 1 atom stereocenters. The Morgan fingerprint density at radius 1 is 1.33 bits per heavy atom. The summed E-state index contributed by atoms with van der Waals surface area (Å²) in [5, 5.41) is 9.70. The smallest absolute Gasteiger partial charge is 0.0677 e. The van der Waals surface area contributed by atoms with Crippen LogP contribution in [0.4, 0.5) is 0 Å². The highest BCUT2D eigenvalue weighted by atomic mass is 16.3. The van der Waals surface area contributed by atoms with Gasteiger partial charge in [-0.3, -0.25) is 0 Å². The third-order valence-corrected chi connectivity index (χ3v) is 2.68. The molecule has 0 aliphatic heterocycles. The van der Waals surface area contributed by atoms with Crippen LogP contribution in [0.3, 0.4) is 0 Å². The van der Waals surface area contributed by atoms with E-state index in [-0.39, 0.29) is 6.10 Å². The summed E-state index contributed by atoms with van der Waals surface area (Å²) in [6, 6.07) is 0. The first-order valence-corrected chi connectivity index (χ1v) is 4.92. The summed E-state index contributed by atoms with van der Waals surface area (Å²) in [6.45, 7) is 1.83. The first-order chi connectivity index (χ1) is 5.84. The van der Waals surface area contributed by atoms with Crippen LogP contribution in [0, 0.1) is 17.8 Å². The van der Waals surface area contributed by atoms with Crippen LogP contribution < -0.4 is 0 Å². The molecule has 68 valence electrons. The molecule has 1 nitrogen and oxygen atoms in total. The minimum absolute atomic E-state index is 0.169. The Morgan fingerprint density at radius 3 is 2.58 bits per heavy atom. The SMILES string of the molecule is CC#CCC(O)C1CCCCC1. The second kappa shape index (κ2) is 5.22. The van der Waals surface area contributed by atoms with Gasteiger partial charge >= 0.3 is 0 Å². The lowest BCUT2D eigenvalue weighted by atomic mass is 9.84. The maximum Gasteiger partial charge on any atom is 0.0677 e. The van der Waals surface area contributed by atoms with Crippen molar-refractivity contribution in [1.29, 1.82) is 0 Å². The lowest BCUT2D eigenvalue weighted by Gasteiger charge is -2.25. The van der Waals surface area contributed by atoms with Gasteiger partial charge in [-0.25, -0.2) is 0 Å². The molecular formula is C11H18O. The van der Waals surface area contributed by atoms with Gasteiger partial charge in [0.2, 0.25) is 0 Å². The zero-order valence-corrected chi connectivity index (χ0v) is 7.84. The number of aliphatic hydroxyl groups is 1. The van der Waals surface area contributed by atoms with E-state index in [9.17, 15) is 5.11 Å². The summed E-state index contributed by atoms with van der Waals surface area (Å²) in [5.74, 6) is 6.30. The summed E-state index contributed by atoms with van der Waals surface area (Å²) >= 11 is 0. The van der Waals surface area contributed by atoms with E-state index in [1.54, 1.807) is 0 Å². The Morgan fingerprint density at radius 2 is 2.00 bits per heavy atom. The molecule has 12 heavy (non-hydrogen) atoms. The van der Waals surface area contributed by atoms with Gasteiger partial charge < -0.3 is 5.11 Å². The monoisotopic (exact) mass is 166 g/mol. The van der Waals surface area contributed by atoms with E-state index < -0.39 is 0 Å². The molecule has 0 spiro atoms. The maximum atomic E-state index is 9.70. The topological polar surface area (TPSA) is 20.2 Å². The highest BCUT2D eigenvalue weighted by molar-refractivity contribution is 4.97. The molecule has 0 amide bonds. The average molecular weight is 166 g/mol. The molecular weight excluding hydrogens is 148 g/mol. The molecule has 0 aromatic heterocycles. The fourth-order valence-corrected chi connectivity index (χ4v) is 1.89. The zero-order valence-electron chi connectivity index (χ0n) is 7.84. The molecule has 0 radical (unpaired) electrons. The maximum absolute atomic E-state index is 9.70. The standard InChI is InChI=1S/C11H18O/c1-2-3-9-11(12)10-7-5-4-6-8-10/h10-12H,4-9H2,1H3. The Kier molecular flexibility index (Phi) is 4.18. The number of rotatable bonds is 2. The van der Waals surface area contributed by atoms with Crippen molar-refractivity contribution in [1.82, 2.24) is 0 Å². The van der Waals surface area contributed by atoms with E-state index in [1.807, 2.05) is 6.92 Å².